The highest BCUT2D eigenvalue weighted by atomic mass is 19.1. The molecule has 0 atom stereocenters. The smallest absolute Gasteiger partial charge is 0.0906 e. The largest absolute Gasteiger partial charge is 0.303 e. The van der Waals surface area contributed by atoms with Gasteiger partial charge in [-0.2, -0.15) is 0 Å². The Morgan fingerprint density at radius 1 is 1.16 bits per heavy atom. The van der Waals surface area contributed by atoms with Crippen LogP contribution in [-0.4, -0.2) is 31.2 Å². The van der Waals surface area contributed by atoms with Crippen LogP contribution >= 0.6 is 0 Å². The van der Waals surface area contributed by atoms with Crippen LogP contribution in [0.25, 0.3) is 0 Å². The Labute approximate surface area is 116 Å². The molecule has 1 heterocycles. The number of piperidine rings is 1. The van der Waals surface area contributed by atoms with Crippen LogP contribution in [0.3, 0.4) is 0 Å². The predicted molar refractivity (Wildman–Crippen MR) is 79.5 cm³/mol. The van der Waals surface area contributed by atoms with Crippen molar-refractivity contribution >= 4 is 0 Å². The first-order valence-corrected chi connectivity index (χ1v) is 7.59. The average molecular weight is 263 g/mol. The lowest BCUT2D eigenvalue weighted by atomic mass is 9.88. The maximum absolute atomic E-state index is 12.2. The molecule has 1 saturated heterocycles. The molecule has 1 aromatic rings. The lowest BCUT2D eigenvalue weighted by Gasteiger charge is -2.32. The van der Waals surface area contributed by atoms with E-state index in [-0.39, 0.29) is 6.67 Å². The van der Waals surface area contributed by atoms with Gasteiger partial charge >= 0.3 is 0 Å². The van der Waals surface area contributed by atoms with E-state index >= 15 is 0 Å². The molecule has 0 aliphatic carbocycles. The Hall–Kier alpha value is -0.890. The van der Waals surface area contributed by atoms with Gasteiger partial charge in [0.2, 0.25) is 0 Å². The summed E-state index contributed by atoms with van der Waals surface area (Å²) < 4.78 is 12.2. The van der Waals surface area contributed by atoms with E-state index in [4.69, 9.17) is 0 Å². The van der Waals surface area contributed by atoms with Gasteiger partial charge < -0.3 is 4.90 Å². The van der Waals surface area contributed by atoms with Gasteiger partial charge in [0.05, 0.1) is 6.67 Å². The number of rotatable bonds is 5. The number of alkyl halides is 1. The molecule has 1 fully saturated rings. The molecule has 106 valence electrons. The molecule has 2 heteroatoms. The van der Waals surface area contributed by atoms with Crippen LogP contribution in [0, 0.1) is 0 Å². The van der Waals surface area contributed by atoms with Gasteiger partial charge in [-0.15, -0.1) is 0 Å². The van der Waals surface area contributed by atoms with Gasteiger partial charge in [0.25, 0.3) is 0 Å². The normalized spacial score (nSPS) is 18.1. The summed E-state index contributed by atoms with van der Waals surface area (Å²) in [7, 11) is 0. The van der Waals surface area contributed by atoms with Crippen LogP contribution in [0.4, 0.5) is 4.39 Å². The second-order valence-corrected chi connectivity index (χ2v) is 5.98. The van der Waals surface area contributed by atoms with Crippen LogP contribution in [0.15, 0.2) is 24.3 Å². The summed E-state index contributed by atoms with van der Waals surface area (Å²) >= 11 is 0. The molecular weight excluding hydrogens is 237 g/mol. The van der Waals surface area contributed by atoms with Crippen molar-refractivity contribution in [1.82, 2.24) is 4.90 Å². The van der Waals surface area contributed by atoms with E-state index in [0.29, 0.717) is 18.3 Å². The van der Waals surface area contributed by atoms with E-state index < -0.39 is 0 Å². The maximum Gasteiger partial charge on any atom is 0.0906 e. The van der Waals surface area contributed by atoms with Crippen molar-refractivity contribution in [3.05, 3.63) is 35.4 Å². The van der Waals surface area contributed by atoms with Gasteiger partial charge in [-0.3, -0.25) is 4.39 Å². The quantitative estimate of drug-likeness (QED) is 0.763. The highest BCUT2D eigenvalue weighted by Gasteiger charge is 2.20. The molecule has 0 amide bonds. The third-order valence-corrected chi connectivity index (χ3v) is 4.27. The fourth-order valence-electron chi connectivity index (χ4n) is 2.93. The van der Waals surface area contributed by atoms with Crippen LogP contribution in [-0.2, 0) is 0 Å². The lowest BCUT2D eigenvalue weighted by molar-refractivity contribution is 0.204. The summed E-state index contributed by atoms with van der Waals surface area (Å²) in [5.41, 5.74) is 2.90. The monoisotopic (exact) mass is 263 g/mol. The van der Waals surface area contributed by atoms with E-state index in [1.165, 1.54) is 24.0 Å². The highest BCUT2D eigenvalue weighted by molar-refractivity contribution is 5.27. The molecule has 0 aromatic heterocycles. The van der Waals surface area contributed by atoms with Crippen molar-refractivity contribution in [2.24, 2.45) is 0 Å². The van der Waals surface area contributed by atoms with E-state index in [2.05, 4.69) is 43.0 Å². The molecule has 0 spiro atoms. The van der Waals surface area contributed by atoms with Crippen molar-refractivity contribution in [2.45, 2.75) is 44.9 Å². The summed E-state index contributed by atoms with van der Waals surface area (Å²) in [5, 5.41) is 0. The number of hydrogen-bond acceptors (Lipinski definition) is 1. The average Bonchev–Trinajstić information content (AvgIpc) is 2.46. The number of nitrogens with zero attached hydrogens (tertiary/aromatic N) is 1. The van der Waals surface area contributed by atoms with Crippen molar-refractivity contribution < 1.29 is 4.39 Å². The van der Waals surface area contributed by atoms with Crippen LogP contribution in [0.2, 0.25) is 0 Å². The molecule has 0 radical (unpaired) electrons. The first-order chi connectivity index (χ1) is 9.20. The summed E-state index contributed by atoms with van der Waals surface area (Å²) in [4.78, 5) is 2.40. The number of likely N-dealkylation sites (tertiary alicyclic amines) is 1. The van der Waals surface area contributed by atoms with E-state index in [0.717, 1.165) is 19.6 Å². The van der Waals surface area contributed by atoms with Gasteiger partial charge in [0.15, 0.2) is 0 Å². The lowest BCUT2D eigenvalue weighted by Crippen LogP contribution is -2.33. The Kier molecular flexibility index (Phi) is 5.38. The van der Waals surface area contributed by atoms with Crippen molar-refractivity contribution in [2.75, 3.05) is 26.3 Å². The Bertz CT molecular complexity index is 363. The van der Waals surface area contributed by atoms with Crippen molar-refractivity contribution in [3.8, 4) is 0 Å². The first kappa shape index (κ1) is 14.5. The van der Waals surface area contributed by atoms with E-state index in [1.54, 1.807) is 0 Å². The van der Waals surface area contributed by atoms with Gasteiger partial charge in [-0.25, -0.2) is 0 Å². The minimum atomic E-state index is -0.184. The minimum Gasteiger partial charge on any atom is -0.303 e. The molecule has 0 N–H and O–H groups in total. The predicted octanol–water partition coefficient (Wildman–Crippen LogP) is 4.35. The summed E-state index contributed by atoms with van der Waals surface area (Å²) in [6.45, 7) is 7.45. The number of benzene rings is 1. The zero-order valence-corrected chi connectivity index (χ0v) is 12.2. The first-order valence-electron chi connectivity index (χ1n) is 7.59. The molecule has 0 saturated carbocycles. The third kappa shape index (κ3) is 4.04. The van der Waals surface area contributed by atoms with Gasteiger partial charge in [-0.1, -0.05) is 38.1 Å². The standard InChI is InChI=1S/C17H26FN/c1-14(2)15-4-6-16(7-5-15)17-8-12-19(13-9-17)11-3-10-18/h4-7,14,17H,3,8-13H2,1-2H3. The zero-order chi connectivity index (χ0) is 13.7. The molecule has 2 rings (SSSR count). The molecule has 1 aromatic carbocycles. The second-order valence-electron chi connectivity index (χ2n) is 5.98. The second kappa shape index (κ2) is 7.04. The Morgan fingerprint density at radius 3 is 2.32 bits per heavy atom. The van der Waals surface area contributed by atoms with Crippen LogP contribution < -0.4 is 0 Å². The molecular formula is C17H26FN. The summed E-state index contributed by atoms with van der Waals surface area (Å²) in [6, 6.07) is 9.15. The minimum absolute atomic E-state index is 0.184. The van der Waals surface area contributed by atoms with Crippen molar-refractivity contribution in [1.29, 1.82) is 0 Å². The molecule has 1 aliphatic rings. The molecule has 1 nitrogen and oxygen atoms in total. The fourth-order valence-corrected chi connectivity index (χ4v) is 2.93. The van der Waals surface area contributed by atoms with Crippen LogP contribution in [0.1, 0.15) is 56.1 Å². The van der Waals surface area contributed by atoms with E-state index in [1.807, 2.05) is 0 Å². The molecule has 1 aliphatic heterocycles. The molecule has 0 bridgehead atoms. The topological polar surface area (TPSA) is 3.24 Å². The summed E-state index contributed by atoms with van der Waals surface area (Å²) in [6.07, 6.45) is 3.12. The Balaban J connectivity index is 1.87. The van der Waals surface area contributed by atoms with Crippen LogP contribution in [0.5, 0.6) is 0 Å². The summed E-state index contributed by atoms with van der Waals surface area (Å²) in [5.74, 6) is 1.31. The maximum atomic E-state index is 12.2. The highest BCUT2D eigenvalue weighted by Crippen LogP contribution is 2.29. The fraction of sp³-hybridized carbons (Fsp3) is 0.647. The van der Waals surface area contributed by atoms with E-state index in [9.17, 15) is 4.39 Å². The SMILES string of the molecule is CC(C)c1ccc(C2CCN(CCCF)CC2)cc1. The third-order valence-electron chi connectivity index (χ3n) is 4.27. The number of halogens is 1. The number of hydrogen-bond donors (Lipinski definition) is 0. The molecule has 19 heavy (non-hydrogen) atoms. The Morgan fingerprint density at radius 2 is 1.79 bits per heavy atom. The van der Waals surface area contributed by atoms with Gasteiger partial charge in [0, 0.05) is 6.54 Å². The molecule has 0 unspecified atom stereocenters. The van der Waals surface area contributed by atoms with Crippen molar-refractivity contribution in [3.63, 3.8) is 0 Å². The zero-order valence-electron chi connectivity index (χ0n) is 12.2. The van der Waals surface area contributed by atoms with Gasteiger partial charge in [0.1, 0.15) is 0 Å². The van der Waals surface area contributed by atoms with Gasteiger partial charge in [-0.05, 0) is 55.3 Å².